The van der Waals surface area contributed by atoms with Crippen molar-refractivity contribution in [3.05, 3.63) is 36.5 Å². The molecule has 0 aliphatic carbocycles. The van der Waals surface area contributed by atoms with Gasteiger partial charge in [0.05, 0.1) is 12.1 Å². The van der Waals surface area contributed by atoms with Crippen molar-refractivity contribution in [3.63, 3.8) is 0 Å². The van der Waals surface area contributed by atoms with Crippen LogP contribution in [0.1, 0.15) is 23.3 Å². The summed E-state index contributed by atoms with van der Waals surface area (Å²) in [6.45, 7) is 4.48. The molecule has 2 N–H and O–H groups in total. The first kappa shape index (κ1) is 12.6. The number of ether oxygens (including phenoxy) is 1. The van der Waals surface area contributed by atoms with E-state index in [4.69, 9.17) is 9.84 Å². The number of hydrogen-bond donors (Lipinski definition) is 2. The van der Waals surface area contributed by atoms with Crippen molar-refractivity contribution in [2.45, 2.75) is 25.0 Å². The van der Waals surface area contributed by atoms with E-state index in [2.05, 4.69) is 16.9 Å². The minimum absolute atomic E-state index is 0.0341. The number of anilines is 1. The van der Waals surface area contributed by atoms with Crippen LogP contribution in [0, 0.1) is 0 Å². The highest BCUT2D eigenvalue weighted by Crippen LogP contribution is 2.19. The fourth-order valence-corrected chi connectivity index (χ4v) is 2.01. The number of hydrogen-bond acceptors (Lipinski definition) is 4. The maximum atomic E-state index is 10.8. The Morgan fingerprint density at radius 2 is 2.44 bits per heavy atom. The number of nitrogens with zero attached hydrogens (tertiary/aromatic N) is 1. The Labute approximate surface area is 105 Å². The van der Waals surface area contributed by atoms with Crippen LogP contribution in [0.15, 0.2) is 30.9 Å². The molecule has 5 nitrogen and oxygen atoms in total. The maximum absolute atomic E-state index is 10.8. The molecular formula is C13H16N2O3. The Morgan fingerprint density at radius 3 is 3.17 bits per heavy atom. The van der Waals surface area contributed by atoms with Crippen LogP contribution in [0.4, 0.5) is 5.82 Å². The van der Waals surface area contributed by atoms with Crippen molar-refractivity contribution in [2.75, 3.05) is 11.9 Å². The van der Waals surface area contributed by atoms with Crippen LogP contribution < -0.4 is 5.32 Å². The van der Waals surface area contributed by atoms with Crippen LogP contribution in [0.25, 0.3) is 0 Å². The predicted octanol–water partition coefficient (Wildman–Crippen LogP) is 1.93. The van der Waals surface area contributed by atoms with E-state index in [0.29, 0.717) is 5.82 Å². The highest BCUT2D eigenvalue weighted by atomic mass is 16.5. The normalized spacial score (nSPS) is 23.3. The van der Waals surface area contributed by atoms with Crippen LogP contribution in [-0.4, -0.2) is 34.8 Å². The van der Waals surface area contributed by atoms with Gasteiger partial charge >= 0.3 is 5.97 Å². The fourth-order valence-electron chi connectivity index (χ4n) is 2.01. The number of aromatic carboxylic acids is 1. The molecule has 1 aromatic heterocycles. The lowest BCUT2D eigenvalue weighted by Crippen LogP contribution is -2.38. The van der Waals surface area contributed by atoms with Crippen LogP contribution in [0.3, 0.4) is 0 Å². The minimum atomic E-state index is -1.03. The summed E-state index contributed by atoms with van der Waals surface area (Å²) >= 11 is 0. The molecule has 0 spiro atoms. The summed E-state index contributed by atoms with van der Waals surface area (Å²) in [5.41, 5.74) is 0.0341. The lowest BCUT2D eigenvalue weighted by molar-refractivity contribution is 0.0374. The molecule has 0 aromatic carbocycles. The first-order chi connectivity index (χ1) is 8.70. The average Bonchev–Trinajstić information content (AvgIpc) is 2.39. The lowest BCUT2D eigenvalue weighted by Gasteiger charge is -2.30. The number of rotatable bonds is 4. The van der Waals surface area contributed by atoms with E-state index >= 15 is 0 Å². The third kappa shape index (κ3) is 2.87. The third-order valence-corrected chi connectivity index (χ3v) is 2.90. The zero-order valence-electron chi connectivity index (χ0n) is 10.0. The standard InChI is InChI=1S/C13H16N2O3/c1-2-11-9(6-4-8-18-11)14-12-7-3-5-10(15-12)13(16)17/h2-3,5,7,9,11H,1,4,6,8H2,(H,14,15)(H,16,17)/t9-,11+/m1/s1. The molecule has 1 aliphatic heterocycles. The van der Waals surface area contributed by atoms with Gasteiger partial charge in [-0.2, -0.15) is 0 Å². The minimum Gasteiger partial charge on any atom is -0.477 e. The molecule has 5 heteroatoms. The Bertz CT molecular complexity index is 448. The van der Waals surface area contributed by atoms with Crippen molar-refractivity contribution in [2.24, 2.45) is 0 Å². The van der Waals surface area contributed by atoms with E-state index in [1.165, 1.54) is 6.07 Å². The molecule has 1 fully saturated rings. The Hall–Kier alpha value is -1.88. The summed E-state index contributed by atoms with van der Waals surface area (Å²) in [5.74, 6) is -0.476. The molecule has 96 valence electrons. The lowest BCUT2D eigenvalue weighted by atomic mass is 10.0. The Balaban J connectivity index is 2.10. The second kappa shape index (κ2) is 5.64. The molecule has 1 saturated heterocycles. The molecule has 0 amide bonds. The summed E-state index contributed by atoms with van der Waals surface area (Å²) in [6.07, 6.45) is 3.63. The summed E-state index contributed by atoms with van der Waals surface area (Å²) in [6, 6.07) is 4.98. The van der Waals surface area contributed by atoms with Gasteiger partial charge in [-0.05, 0) is 25.0 Å². The highest BCUT2D eigenvalue weighted by Gasteiger charge is 2.23. The van der Waals surface area contributed by atoms with E-state index in [1.807, 2.05) is 0 Å². The molecule has 0 radical (unpaired) electrons. The molecule has 2 heterocycles. The topological polar surface area (TPSA) is 71.5 Å². The van der Waals surface area contributed by atoms with E-state index in [0.717, 1.165) is 19.4 Å². The molecule has 0 saturated carbocycles. The van der Waals surface area contributed by atoms with Gasteiger partial charge in [0.25, 0.3) is 0 Å². The SMILES string of the molecule is C=C[C@@H]1OCCC[C@H]1Nc1cccc(C(=O)O)n1. The number of carboxylic acid groups (broad SMARTS) is 1. The van der Waals surface area contributed by atoms with E-state index in [1.54, 1.807) is 18.2 Å². The van der Waals surface area contributed by atoms with Crippen molar-refractivity contribution in [1.82, 2.24) is 4.98 Å². The number of pyridine rings is 1. The second-order valence-corrected chi connectivity index (χ2v) is 4.18. The van der Waals surface area contributed by atoms with Gasteiger partial charge in [-0.15, -0.1) is 6.58 Å². The van der Waals surface area contributed by atoms with Gasteiger partial charge in [0.1, 0.15) is 5.82 Å². The molecule has 1 aliphatic rings. The Morgan fingerprint density at radius 1 is 1.61 bits per heavy atom. The Kier molecular flexibility index (Phi) is 3.94. The molecule has 2 atom stereocenters. The molecular weight excluding hydrogens is 232 g/mol. The number of aromatic nitrogens is 1. The second-order valence-electron chi connectivity index (χ2n) is 4.18. The highest BCUT2D eigenvalue weighted by molar-refractivity contribution is 5.85. The summed E-state index contributed by atoms with van der Waals surface area (Å²) < 4.78 is 5.56. The monoisotopic (exact) mass is 248 g/mol. The van der Waals surface area contributed by atoms with Gasteiger partial charge in [-0.1, -0.05) is 12.1 Å². The van der Waals surface area contributed by atoms with Gasteiger partial charge in [-0.25, -0.2) is 9.78 Å². The molecule has 18 heavy (non-hydrogen) atoms. The van der Waals surface area contributed by atoms with Gasteiger partial charge < -0.3 is 15.2 Å². The molecule has 0 unspecified atom stereocenters. The largest absolute Gasteiger partial charge is 0.477 e. The molecule has 1 aromatic rings. The number of carboxylic acids is 1. The molecule has 0 bridgehead atoms. The summed E-state index contributed by atoms with van der Waals surface area (Å²) in [7, 11) is 0. The van der Waals surface area contributed by atoms with Gasteiger partial charge in [0.15, 0.2) is 5.69 Å². The van der Waals surface area contributed by atoms with Crippen LogP contribution in [-0.2, 0) is 4.74 Å². The third-order valence-electron chi connectivity index (χ3n) is 2.90. The van der Waals surface area contributed by atoms with Crippen molar-refractivity contribution >= 4 is 11.8 Å². The van der Waals surface area contributed by atoms with Gasteiger partial charge in [0, 0.05) is 6.61 Å². The van der Waals surface area contributed by atoms with E-state index in [-0.39, 0.29) is 17.8 Å². The average molecular weight is 248 g/mol. The van der Waals surface area contributed by atoms with Crippen molar-refractivity contribution < 1.29 is 14.6 Å². The van der Waals surface area contributed by atoms with Crippen molar-refractivity contribution in [3.8, 4) is 0 Å². The van der Waals surface area contributed by atoms with Crippen molar-refractivity contribution in [1.29, 1.82) is 0 Å². The quantitative estimate of drug-likeness (QED) is 0.796. The maximum Gasteiger partial charge on any atom is 0.354 e. The summed E-state index contributed by atoms with van der Waals surface area (Å²) in [5, 5.41) is 12.1. The van der Waals surface area contributed by atoms with E-state index < -0.39 is 5.97 Å². The van der Waals surface area contributed by atoms with Crippen LogP contribution >= 0.6 is 0 Å². The van der Waals surface area contributed by atoms with Crippen LogP contribution in [0.5, 0.6) is 0 Å². The first-order valence-corrected chi connectivity index (χ1v) is 5.92. The zero-order valence-corrected chi connectivity index (χ0v) is 10.0. The van der Waals surface area contributed by atoms with Crippen LogP contribution in [0.2, 0.25) is 0 Å². The summed E-state index contributed by atoms with van der Waals surface area (Å²) in [4.78, 5) is 14.9. The van der Waals surface area contributed by atoms with Gasteiger partial charge in [-0.3, -0.25) is 0 Å². The van der Waals surface area contributed by atoms with Gasteiger partial charge in [0.2, 0.25) is 0 Å². The smallest absolute Gasteiger partial charge is 0.354 e. The fraction of sp³-hybridized carbons (Fsp3) is 0.385. The zero-order chi connectivity index (χ0) is 13.0. The number of carbonyl (C=O) groups is 1. The predicted molar refractivity (Wildman–Crippen MR) is 67.8 cm³/mol. The molecule has 2 rings (SSSR count). The van der Waals surface area contributed by atoms with E-state index in [9.17, 15) is 4.79 Å². The number of nitrogens with one attached hydrogen (secondary N) is 1. The first-order valence-electron chi connectivity index (χ1n) is 5.92.